The van der Waals surface area contributed by atoms with Crippen LogP contribution in [0.15, 0.2) is 6.20 Å². The first-order valence-corrected chi connectivity index (χ1v) is 4.30. The van der Waals surface area contributed by atoms with Crippen LogP contribution in [0.25, 0.3) is 0 Å². The molecule has 47 valence electrons. The molecule has 9 heavy (non-hydrogen) atoms. The molecule has 0 unspecified atom stereocenters. The quantitative estimate of drug-likeness (QED) is 0.600. The van der Waals surface area contributed by atoms with Crippen molar-refractivity contribution >= 4 is 15.6 Å². The smallest absolute Gasteiger partial charge is 0.420 e. The van der Waals surface area contributed by atoms with Crippen LogP contribution in [0.2, 0.25) is 5.79 Å². The highest BCUT2D eigenvalue weighted by molar-refractivity contribution is 6.24. The minimum atomic E-state index is 0.112. The van der Waals surface area contributed by atoms with Crippen LogP contribution < -0.4 is 0 Å². The summed E-state index contributed by atoms with van der Waals surface area (Å²) < 4.78 is 5.14. The van der Waals surface area contributed by atoms with Gasteiger partial charge in [-0.15, -0.1) is 0 Å². The zero-order chi connectivity index (χ0) is 6.53. The zero-order valence-corrected chi connectivity index (χ0v) is 6.32. The number of hydrogen-bond donors (Lipinski definition) is 1. The predicted molar refractivity (Wildman–Crippen MR) is 32.8 cm³/mol. The van der Waals surface area contributed by atoms with E-state index in [-0.39, 0.29) is 15.6 Å². The van der Waals surface area contributed by atoms with Crippen molar-refractivity contribution in [3.05, 3.63) is 11.9 Å². The van der Waals surface area contributed by atoms with E-state index in [4.69, 9.17) is 3.79 Å². The normalized spacial score (nSPS) is 9.44. The summed E-state index contributed by atoms with van der Waals surface area (Å²) in [4.78, 5) is 0. The first-order chi connectivity index (χ1) is 4.43. The molecule has 4 nitrogen and oxygen atoms in total. The van der Waals surface area contributed by atoms with Gasteiger partial charge in [0.15, 0.2) is 0 Å². The highest BCUT2D eigenvalue weighted by Gasteiger charge is 1.92. The maximum absolute atomic E-state index is 5.14. The van der Waals surface area contributed by atoms with Crippen molar-refractivity contribution in [2.45, 2.75) is 12.4 Å². The summed E-state index contributed by atoms with van der Waals surface area (Å²) in [6.45, 7) is 0.586. The van der Waals surface area contributed by atoms with Gasteiger partial charge in [0, 0.05) is 0 Å². The Morgan fingerprint density at radius 3 is 3.33 bits per heavy atom. The molecular formula is C4H7AlN3O. The van der Waals surface area contributed by atoms with Gasteiger partial charge >= 0.3 is 15.6 Å². The van der Waals surface area contributed by atoms with Crippen molar-refractivity contribution in [1.29, 1.82) is 0 Å². The summed E-state index contributed by atoms with van der Waals surface area (Å²) >= 11 is 0.112. The lowest BCUT2D eigenvalue weighted by Gasteiger charge is -1.92. The minimum absolute atomic E-state index is 0.112. The molecule has 1 heterocycles. The lowest BCUT2D eigenvalue weighted by Crippen LogP contribution is -1.94. The summed E-state index contributed by atoms with van der Waals surface area (Å²) in [6, 6.07) is 0. The van der Waals surface area contributed by atoms with Crippen molar-refractivity contribution in [3.63, 3.8) is 0 Å². The number of aromatic nitrogens is 3. The van der Waals surface area contributed by atoms with Gasteiger partial charge in [-0.25, -0.2) is 0 Å². The van der Waals surface area contributed by atoms with Gasteiger partial charge in [-0.2, -0.15) is 15.4 Å². The maximum atomic E-state index is 5.14. The molecule has 0 aliphatic heterocycles. The van der Waals surface area contributed by atoms with Gasteiger partial charge in [0.05, 0.1) is 12.8 Å². The van der Waals surface area contributed by atoms with Crippen molar-refractivity contribution in [3.8, 4) is 0 Å². The summed E-state index contributed by atoms with van der Waals surface area (Å²) in [5.74, 6) is 2.03. The highest BCUT2D eigenvalue weighted by atomic mass is 27.1. The van der Waals surface area contributed by atoms with Gasteiger partial charge in [-0.05, 0) is 0 Å². The molecule has 1 N–H and O–H groups in total. The third-order valence-corrected chi connectivity index (χ3v) is 1.36. The molecule has 0 spiro atoms. The van der Waals surface area contributed by atoms with Crippen LogP contribution in [0.3, 0.4) is 0 Å². The SMILES string of the molecule is [CH3][Al][O]Cc1cn[nH]n1. The van der Waals surface area contributed by atoms with E-state index in [1.54, 1.807) is 6.20 Å². The average Bonchev–Trinajstić information content (AvgIpc) is 2.34. The van der Waals surface area contributed by atoms with E-state index in [0.29, 0.717) is 6.61 Å². The molecule has 0 amide bonds. The topological polar surface area (TPSA) is 50.8 Å². The Hall–Kier alpha value is -0.368. The van der Waals surface area contributed by atoms with Crippen LogP contribution in [-0.2, 0) is 10.4 Å². The molecule has 0 bridgehead atoms. The summed E-state index contributed by atoms with van der Waals surface area (Å²) in [5.41, 5.74) is 0.865. The van der Waals surface area contributed by atoms with Crippen LogP contribution in [0.1, 0.15) is 5.69 Å². The zero-order valence-electron chi connectivity index (χ0n) is 5.16. The van der Waals surface area contributed by atoms with E-state index < -0.39 is 0 Å². The molecule has 0 aliphatic carbocycles. The monoisotopic (exact) mass is 140 g/mol. The molecule has 0 fully saturated rings. The Bertz CT molecular complexity index is 153. The van der Waals surface area contributed by atoms with E-state index >= 15 is 0 Å². The molecule has 1 rings (SSSR count). The highest BCUT2D eigenvalue weighted by Crippen LogP contribution is 1.89. The Labute approximate surface area is 59.7 Å². The molecule has 5 heteroatoms. The van der Waals surface area contributed by atoms with E-state index in [2.05, 4.69) is 15.4 Å². The number of aromatic amines is 1. The van der Waals surface area contributed by atoms with Gasteiger partial charge in [-0.3, -0.25) is 0 Å². The number of rotatable bonds is 3. The second kappa shape index (κ2) is 3.62. The third kappa shape index (κ3) is 2.14. The molecule has 0 saturated carbocycles. The van der Waals surface area contributed by atoms with Crippen LogP contribution in [0.5, 0.6) is 0 Å². The summed E-state index contributed by atoms with van der Waals surface area (Å²) in [5, 5.41) is 9.94. The number of nitrogens with zero attached hydrogens (tertiary/aromatic N) is 2. The predicted octanol–water partition coefficient (Wildman–Crippen LogP) is -0.0114. The second-order valence-corrected chi connectivity index (χ2v) is 2.31. The lowest BCUT2D eigenvalue weighted by atomic mass is 10.5. The maximum Gasteiger partial charge on any atom is 0.420 e. The molecule has 0 aliphatic rings. The number of nitrogens with one attached hydrogen (secondary N) is 1. The van der Waals surface area contributed by atoms with Crippen LogP contribution >= 0.6 is 0 Å². The Morgan fingerprint density at radius 2 is 2.78 bits per heavy atom. The fourth-order valence-corrected chi connectivity index (χ4v) is 0.801. The standard InChI is InChI=1S/C3H4N3O.CH3.Al/c7-2-3-1-4-6-5-3;;/h1H,2H2,(H,4,5,6);1H3;/q-1;;+1. The third-order valence-electron chi connectivity index (χ3n) is 0.863. The molecule has 0 atom stereocenters. The molecule has 1 radical (unpaired) electrons. The fourth-order valence-electron chi connectivity index (χ4n) is 0.464. The average molecular weight is 140 g/mol. The summed E-state index contributed by atoms with van der Waals surface area (Å²) in [6.07, 6.45) is 1.66. The fraction of sp³-hybridized carbons (Fsp3) is 0.500. The Morgan fingerprint density at radius 1 is 1.89 bits per heavy atom. The molecule has 1 aromatic heterocycles. The van der Waals surface area contributed by atoms with Crippen LogP contribution in [0, 0.1) is 0 Å². The second-order valence-electron chi connectivity index (χ2n) is 1.51. The van der Waals surface area contributed by atoms with E-state index in [9.17, 15) is 0 Å². The van der Waals surface area contributed by atoms with Crippen LogP contribution in [0.4, 0.5) is 0 Å². The van der Waals surface area contributed by atoms with Gasteiger partial charge < -0.3 is 3.79 Å². The van der Waals surface area contributed by atoms with Crippen molar-refractivity contribution in [2.24, 2.45) is 0 Å². The Kier molecular flexibility index (Phi) is 2.71. The first-order valence-electron chi connectivity index (χ1n) is 2.67. The Balaban J connectivity index is 2.30. The van der Waals surface area contributed by atoms with Crippen molar-refractivity contribution in [2.75, 3.05) is 0 Å². The van der Waals surface area contributed by atoms with Gasteiger partial charge in [0.2, 0.25) is 0 Å². The van der Waals surface area contributed by atoms with E-state index in [0.717, 1.165) is 5.69 Å². The van der Waals surface area contributed by atoms with Crippen molar-refractivity contribution in [1.82, 2.24) is 15.4 Å². The minimum Gasteiger partial charge on any atom is -0.502 e. The number of hydrogen-bond acceptors (Lipinski definition) is 3. The number of H-pyrrole nitrogens is 1. The van der Waals surface area contributed by atoms with Gasteiger partial charge in [-0.1, -0.05) is 5.79 Å². The summed E-state index contributed by atoms with van der Waals surface area (Å²) in [7, 11) is 0. The first kappa shape index (κ1) is 6.75. The van der Waals surface area contributed by atoms with E-state index in [1.165, 1.54) is 0 Å². The largest absolute Gasteiger partial charge is 0.502 e. The molecular weight excluding hydrogens is 133 g/mol. The molecule has 1 aromatic rings. The van der Waals surface area contributed by atoms with Gasteiger partial charge in [0.1, 0.15) is 5.69 Å². The lowest BCUT2D eigenvalue weighted by molar-refractivity contribution is 0.321. The molecule has 0 saturated heterocycles. The molecule has 0 aromatic carbocycles. The van der Waals surface area contributed by atoms with Gasteiger partial charge in [0.25, 0.3) is 0 Å². The van der Waals surface area contributed by atoms with Crippen LogP contribution in [-0.4, -0.2) is 31.0 Å². The van der Waals surface area contributed by atoms with E-state index in [1.807, 2.05) is 5.79 Å². The van der Waals surface area contributed by atoms with Crippen molar-refractivity contribution < 1.29 is 3.79 Å².